The van der Waals surface area contributed by atoms with Crippen molar-refractivity contribution in [2.45, 2.75) is 13.3 Å². The molecule has 7 nitrogen and oxygen atoms in total. The second kappa shape index (κ2) is 7.69. The number of aromatic nitrogens is 2. The molecule has 2 aromatic carbocycles. The van der Waals surface area contributed by atoms with Gasteiger partial charge in [-0.25, -0.2) is 0 Å². The Morgan fingerprint density at radius 1 is 1.08 bits per heavy atom. The van der Waals surface area contributed by atoms with Crippen molar-refractivity contribution in [3.05, 3.63) is 53.9 Å². The van der Waals surface area contributed by atoms with E-state index in [9.17, 15) is 4.79 Å². The molecule has 0 atom stereocenters. The van der Waals surface area contributed by atoms with Gasteiger partial charge in [0.1, 0.15) is 0 Å². The zero-order valence-corrected chi connectivity index (χ0v) is 14.8. The van der Waals surface area contributed by atoms with Gasteiger partial charge in [-0.15, -0.1) is 0 Å². The first-order chi connectivity index (χ1) is 12.6. The lowest BCUT2D eigenvalue weighted by molar-refractivity contribution is 0.102. The van der Waals surface area contributed by atoms with Crippen LogP contribution in [0, 0.1) is 0 Å². The molecule has 3 rings (SSSR count). The second-order valence-electron chi connectivity index (χ2n) is 5.47. The Kier molecular flexibility index (Phi) is 5.17. The summed E-state index contributed by atoms with van der Waals surface area (Å²) >= 11 is 0. The van der Waals surface area contributed by atoms with Crippen molar-refractivity contribution in [3.8, 4) is 22.9 Å². The van der Waals surface area contributed by atoms with Crippen molar-refractivity contribution in [3.63, 3.8) is 0 Å². The molecule has 1 aromatic heterocycles. The van der Waals surface area contributed by atoms with Crippen LogP contribution in [-0.4, -0.2) is 30.3 Å². The number of hydrogen-bond acceptors (Lipinski definition) is 6. The maximum absolute atomic E-state index is 12.4. The minimum absolute atomic E-state index is 0.230. The summed E-state index contributed by atoms with van der Waals surface area (Å²) in [6.45, 7) is 1.94. The number of hydrogen-bond donors (Lipinski definition) is 1. The van der Waals surface area contributed by atoms with Crippen LogP contribution >= 0.6 is 0 Å². The highest BCUT2D eigenvalue weighted by atomic mass is 16.5. The number of nitrogens with zero attached hydrogens (tertiary/aromatic N) is 2. The van der Waals surface area contributed by atoms with E-state index in [2.05, 4.69) is 15.5 Å². The van der Waals surface area contributed by atoms with E-state index >= 15 is 0 Å². The van der Waals surface area contributed by atoms with Crippen LogP contribution in [0.5, 0.6) is 11.5 Å². The number of amides is 1. The van der Waals surface area contributed by atoms with E-state index < -0.39 is 0 Å². The first-order valence-electron chi connectivity index (χ1n) is 8.11. The van der Waals surface area contributed by atoms with Gasteiger partial charge in [0.15, 0.2) is 11.5 Å². The number of benzene rings is 2. The van der Waals surface area contributed by atoms with Gasteiger partial charge in [-0.1, -0.05) is 24.2 Å². The Labute approximate surface area is 150 Å². The third-order valence-corrected chi connectivity index (χ3v) is 3.82. The molecule has 0 saturated carbocycles. The van der Waals surface area contributed by atoms with Crippen molar-refractivity contribution < 1.29 is 18.8 Å². The summed E-state index contributed by atoms with van der Waals surface area (Å²) in [5.41, 5.74) is 1.92. The molecule has 0 spiro atoms. The van der Waals surface area contributed by atoms with Crippen LogP contribution in [0.4, 0.5) is 5.69 Å². The van der Waals surface area contributed by atoms with Gasteiger partial charge in [-0.05, 0) is 24.3 Å². The molecule has 0 aliphatic carbocycles. The molecule has 134 valence electrons. The van der Waals surface area contributed by atoms with Crippen LogP contribution in [0.1, 0.15) is 23.2 Å². The number of rotatable bonds is 6. The Bertz CT molecular complexity index is 903. The van der Waals surface area contributed by atoms with Gasteiger partial charge >= 0.3 is 0 Å². The lowest BCUT2D eigenvalue weighted by atomic mass is 10.1. The van der Waals surface area contributed by atoms with Crippen molar-refractivity contribution in [2.75, 3.05) is 19.5 Å². The number of carbonyl (C=O) groups excluding carboxylic acids is 1. The second-order valence-corrected chi connectivity index (χ2v) is 5.47. The van der Waals surface area contributed by atoms with Crippen molar-refractivity contribution in [1.29, 1.82) is 0 Å². The molecule has 0 saturated heterocycles. The van der Waals surface area contributed by atoms with Gasteiger partial charge in [0.2, 0.25) is 11.7 Å². The van der Waals surface area contributed by atoms with Crippen LogP contribution in [0.15, 0.2) is 47.0 Å². The van der Waals surface area contributed by atoms with Gasteiger partial charge in [0.05, 0.1) is 14.2 Å². The maximum atomic E-state index is 12.4. The summed E-state index contributed by atoms with van der Waals surface area (Å²) in [4.78, 5) is 16.7. The average Bonchev–Trinajstić information content (AvgIpc) is 3.17. The summed E-state index contributed by atoms with van der Waals surface area (Å²) in [5.74, 6) is 2.00. The highest BCUT2D eigenvalue weighted by molar-refractivity contribution is 6.04. The highest BCUT2D eigenvalue weighted by Crippen LogP contribution is 2.30. The lowest BCUT2D eigenvalue weighted by Gasteiger charge is -2.10. The molecule has 0 aliphatic rings. The number of ether oxygens (including phenoxy) is 2. The quantitative estimate of drug-likeness (QED) is 0.729. The third-order valence-electron chi connectivity index (χ3n) is 3.82. The summed E-state index contributed by atoms with van der Waals surface area (Å²) in [6.07, 6.45) is 0.679. The standard InChI is InChI=1S/C19H19N3O4/c1-4-17-21-18(22-26-17)12-5-7-13(8-6-12)19(23)20-14-9-10-15(24-2)16(11-14)25-3/h5-11H,4H2,1-3H3,(H,20,23). The van der Waals surface area contributed by atoms with Crippen molar-refractivity contribution >= 4 is 11.6 Å². The topological polar surface area (TPSA) is 86.5 Å². The largest absolute Gasteiger partial charge is 0.493 e. The SMILES string of the molecule is CCc1nc(-c2ccc(C(=O)Nc3ccc(OC)c(OC)c3)cc2)no1. The summed E-state index contributed by atoms with van der Waals surface area (Å²) in [7, 11) is 3.11. The number of nitrogens with one attached hydrogen (secondary N) is 1. The highest BCUT2D eigenvalue weighted by Gasteiger charge is 2.11. The third kappa shape index (κ3) is 3.66. The Hall–Kier alpha value is -3.35. The van der Waals surface area contributed by atoms with Gasteiger partial charge in [0.25, 0.3) is 5.91 Å². The molecule has 7 heteroatoms. The molecule has 1 amide bonds. The molecular formula is C19H19N3O4. The maximum Gasteiger partial charge on any atom is 0.255 e. The lowest BCUT2D eigenvalue weighted by Crippen LogP contribution is -2.11. The number of methoxy groups -OCH3 is 2. The minimum atomic E-state index is -0.230. The fourth-order valence-corrected chi connectivity index (χ4v) is 2.40. The summed E-state index contributed by atoms with van der Waals surface area (Å²) in [5, 5.41) is 6.75. The van der Waals surface area contributed by atoms with E-state index in [0.717, 1.165) is 5.56 Å². The zero-order valence-electron chi connectivity index (χ0n) is 14.8. The molecule has 0 unspecified atom stereocenters. The zero-order chi connectivity index (χ0) is 18.5. The number of carbonyl (C=O) groups is 1. The monoisotopic (exact) mass is 353 g/mol. The Morgan fingerprint density at radius 2 is 1.81 bits per heavy atom. The van der Waals surface area contributed by atoms with E-state index in [1.807, 2.05) is 6.92 Å². The molecule has 0 bridgehead atoms. The Morgan fingerprint density at radius 3 is 2.42 bits per heavy atom. The van der Waals surface area contributed by atoms with E-state index in [1.54, 1.807) is 56.7 Å². The fourth-order valence-electron chi connectivity index (χ4n) is 2.40. The molecule has 0 radical (unpaired) electrons. The number of aryl methyl sites for hydroxylation is 1. The van der Waals surface area contributed by atoms with Gasteiger partial charge in [-0.3, -0.25) is 4.79 Å². The van der Waals surface area contributed by atoms with Crippen LogP contribution in [0.2, 0.25) is 0 Å². The van der Waals surface area contributed by atoms with Gasteiger partial charge < -0.3 is 19.3 Å². The van der Waals surface area contributed by atoms with Gasteiger partial charge in [-0.2, -0.15) is 4.98 Å². The molecule has 26 heavy (non-hydrogen) atoms. The predicted molar refractivity (Wildman–Crippen MR) is 96.6 cm³/mol. The molecule has 0 fully saturated rings. The van der Waals surface area contributed by atoms with Crippen molar-refractivity contribution in [2.24, 2.45) is 0 Å². The minimum Gasteiger partial charge on any atom is -0.493 e. The molecule has 3 aromatic rings. The molecule has 0 aliphatic heterocycles. The average molecular weight is 353 g/mol. The smallest absolute Gasteiger partial charge is 0.255 e. The van der Waals surface area contributed by atoms with Crippen molar-refractivity contribution in [1.82, 2.24) is 10.1 Å². The van der Waals surface area contributed by atoms with Crippen LogP contribution in [-0.2, 0) is 6.42 Å². The van der Waals surface area contributed by atoms with Crippen LogP contribution in [0.3, 0.4) is 0 Å². The van der Waals surface area contributed by atoms with E-state index in [0.29, 0.717) is 40.9 Å². The fraction of sp³-hybridized carbons (Fsp3) is 0.211. The molecular weight excluding hydrogens is 334 g/mol. The van der Waals surface area contributed by atoms with E-state index in [4.69, 9.17) is 14.0 Å². The number of anilines is 1. The first-order valence-corrected chi connectivity index (χ1v) is 8.11. The summed E-state index contributed by atoms with van der Waals surface area (Å²) < 4.78 is 15.5. The summed E-state index contributed by atoms with van der Waals surface area (Å²) in [6, 6.07) is 12.2. The van der Waals surface area contributed by atoms with E-state index in [1.165, 1.54) is 0 Å². The van der Waals surface area contributed by atoms with Crippen LogP contribution < -0.4 is 14.8 Å². The van der Waals surface area contributed by atoms with Gasteiger partial charge in [0, 0.05) is 29.3 Å². The first kappa shape index (κ1) is 17.5. The van der Waals surface area contributed by atoms with E-state index in [-0.39, 0.29) is 5.91 Å². The molecule has 1 heterocycles. The Balaban J connectivity index is 1.74. The normalized spacial score (nSPS) is 10.4. The molecule has 1 N–H and O–H groups in total. The van der Waals surface area contributed by atoms with Crippen LogP contribution in [0.25, 0.3) is 11.4 Å². The predicted octanol–water partition coefficient (Wildman–Crippen LogP) is 3.57.